The second-order valence-corrected chi connectivity index (χ2v) is 11.6. The maximum Gasteiger partial charge on any atom is 0.222 e. The highest BCUT2D eigenvalue weighted by Gasteiger charge is 2.26. The van der Waals surface area contributed by atoms with Crippen molar-refractivity contribution in [3.8, 4) is 5.75 Å². The van der Waals surface area contributed by atoms with Crippen LogP contribution in [0.1, 0.15) is 54.2 Å². The number of nitrogens with zero attached hydrogens (tertiary/aromatic N) is 4. The largest absolute Gasteiger partial charge is 0.489 e. The predicted octanol–water partition coefficient (Wildman–Crippen LogP) is 5.75. The fourth-order valence-corrected chi connectivity index (χ4v) is 5.55. The molecule has 0 bridgehead atoms. The summed E-state index contributed by atoms with van der Waals surface area (Å²) in [5.41, 5.74) is 3.09. The molecule has 224 valence electrons. The standard InChI is InChI=1S/C32H34Cl2N6O3/c33-27-12-8-22(18-28(27)34)9-13-31(42)40-16-14-24(15-17-40)20-30(41)35-29(32-36-38-39-37-32)19-23-6-10-26(11-7-23)43-21-25-4-2-1-3-5-25/h1-8,10-12,18,24,29H,9,13-17,19-21H2,(H,35,41)(H,36,37,38,39)/t29-/m0/s1. The highest BCUT2D eigenvalue weighted by atomic mass is 35.5. The first-order valence-electron chi connectivity index (χ1n) is 14.4. The maximum absolute atomic E-state index is 13.1. The molecule has 1 saturated heterocycles. The molecular weight excluding hydrogens is 587 g/mol. The number of carbonyl (C=O) groups excluding carboxylic acids is 2. The van der Waals surface area contributed by atoms with E-state index in [1.807, 2.05) is 65.6 Å². The average Bonchev–Trinajstić information content (AvgIpc) is 3.57. The molecule has 1 aromatic heterocycles. The maximum atomic E-state index is 13.1. The van der Waals surface area contributed by atoms with Crippen molar-refractivity contribution < 1.29 is 14.3 Å². The minimum absolute atomic E-state index is 0.0676. The van der Waals surface area contributed by atoms with Gasteiger partial charge in [-0.3, -0.25) is 9.59 Å². The molecule has 1 fully saturated rings. The Hall–Kier alpha value is -3.95. The Bertz CT molecular complexity index is 1480. The number of aryl methyl sites for hydroxylation is 1. The molecular formula is C32H34Cl2N6O3. The van der Waals surface area contributed by atoms with E-state index in [0.29, 0.717) is 61.2 Å². The number of piperidine rings is 1. The lowest BCUT2D eigenvalue weighted by molar-refractivity contribution is -0.132. The lowest BCUT2D eigenvalue weighted by Crippen LogP contribution is -2.40. The number of hydrogen-bond donors (Lipinski definition) is 2. The molecule has 0 saturated carbocycles. The van der Waals surface area contributed by atoms with Gasteiger partial charge in [-0.05, 0) is 66.1 Å². The normalized spacial score (nSPS) is 14.3. The van der Waals surface area contributed by atoms with E-state index in [1.165, 1.54) is 0 Å². The lowest BCUT2D eigenvalue weighted by Gasteiger charge is -2.32. The van der Waals surface area contributed by atoms with Crippen LogP contribution in [0, 0.1) is 5.92 Å². The van der Waals surface area contributed by atoms with E-state index in [2.05, 4.69) is 25.9 Å². The summed E-state index contributed by atoms with van der Waals surface area (Å²) in [6.45, 7) is 1.78. The zero-order valence-electron chi connectivity index (χ0n) is 23.7. The van der Waals surface area contributed by atoms with Gasteiger partial charge in [0.05, 0.1) is 16.1 Å². The fraction of sp³-hybridized carbons (Fsp3) is 0.344. The Balaban J connectivity index is 1.08. The van der Waals surface area contributed by atoms with Gasteiger partial charge in [0.25, 0.3) is 0 Å². The molecule has 43 heavy (non-hydrogen) atoms. The monoisotopic (exact) mass is 620 g/mol. The number of likely N-dealkylation sites (tertiary alicyclic amines) is 1. The number of benzene rings is 3. The van der Waals surface area contributed by atoms with Crippen molar-refractivity contribution in [2.24, 2.45) is 5.92 Å². The van der Waals surface area contributed by atoms with E-state index >= 15 is 0 Å². The lowest BCUT2D eigenvalue weighted by atomic mass is 9.92. The molecule has 5 rings (SSSR count). The van der Waals surface area contributed by atoms with Gasteiger partial charge in [-0.2, -0.15) is 5.21 Å². The second-order valence-electron chi connectivity index (χ2n) is 10.8. The van der Waals surface area contributed by atoms with Crippen molar-refractivity contribution in [2.75, 3.05) is 13.1 Å². The summed E-state index contributed by atoms with van der Waals surface area (Å²) in [6, 6.07) is 22.8. The van der Waals surface area contributed by atoms with Crippen molar-refractivity contribution in [2.45, 2.75) is 51.2 Å². The number of carbonyl (C=O) groups is 2. The van der Waals surface area contributed by atoms with E-state index in [9.17, 15) is 9.59 Å². The topological polar surface area (TPSA) is 113 Å². The average molecular weight is 622 g/mol. The van der Waals surface area contributed by atoms with E-state index in [-0.39, 0.29) is 17.7 Å². The van der Waals surface area contributed by atoms with Crippen molar-refractivity contribution in [1.29, 1.82) is 0 Å². The summed E-state index contributed by atoms with van der Waals surface area (Å²) in [7, 11) is 0. The molecule has 2 amide bonds. The van der Waals surface area contributed by atoms with Gasteiger partial charge in [-0.25, -0.2) is 0 Å². The second kappa shape index (κ2) is 15.0. The Morgan fingerprint density at radius 2 is 1.70 bits per heavy atom. The van der Waals surface area contributed by atoms with Crippen LogP contribution in [0.4, 0.5) is 0 Å². The highest BCUT2D eigenvalue weighted by molar-refractivity contribution is 6.42. The Labute approximate surface area is 260 Å². The SMILES string of the molecule is O=C(CC1CCN(C(=O)CCc2ccc(Cl)c(Cl)c2)CC1)N[C@@H](Cc1ccc(OCc2ccccc2)cc1)c1nn[nH]n1. The van der Waals surface area contributed by atoms with Crippen LogP contribution in [0.5, 0.6) is 5.75 Å². The number of halogens is 2. The summed E-state index contributed by atoms with van der Waals surface area (Å²) in [4.78, 5) is 27.8. The van der Waals surface area contributed by atoms with Crippen LogP contribution in [0.25, 0.3) is 0 Å². The Morgan fingerprint density at radius 3 is 2.40 bits per heavy atom. The third-order valence-electron chi connectivity index (χ3n) is 7.67. The molecule has 1 aliphatic heterocycles. The number of hydrogen-bond acceptors (Lipinski definition) is 6. The summed E-state index contributed by atoms with van der Waals surface area (Å²) < 4.78 is 5.89. The number of rotatable bonds is 12. The molecule has 4 aromatic rings. The van der Waals surface area contributed by atoms with Crippen LogP contribution < -0.4 is 10.1 Å². The molecule has 1 atom stereocenters. The smallest absolute Gasteiger partial charge is 0.222 e. The zero-order valence-corrected chi connectivity index (χ0v) is 25.2. The number of aromatic amines is 1. The predicted molar refractivity (Wildman–Crippen MR) is 165 cm³/mol. The third-order valence-corrected chi connectivity index (χ3v) is 8.41. The van der Waals surface area contributed by atoms with Crippen LogP contribution >= 0.6 is 23.2 Å². The van der Waals surface area contributed by atoms with Gasteiger partial charge in [-0.15, -0.1) is 10.2 Å². The molecule has 0 spiro atoms. The van der Waals surface area contributed by atoms with Crippen molar-refractivity contribution in [3.05, 3.63) is 105 Å². The summed E-state index contributed by atoms with van der Waals surface area (Å²) >= 11 is 12.1. The van der Waals surface area contributed by atoms with Gasteiger partial charge >= 0.3 is 0 Å². The minimum atomic E-state index is -0.426. The fourth-order valence-electron chi connectivity index (χ4n) is 5.23. The van der Waals surface area contributed by atoms with Gasteiger partial charge in [-0.1, -0.05) is 76.9 Å². The summed E-state index contributed by atoms with van der Waals surface area (Å²) in [5, 5.41) is 18.5. The Morgan fingerprint density at radius 1 is 0.953 bits per heavy atom. The molecule has 0 aliphatic carbocycles. The molecule has 0 unspecified atom stereocenters. The quantitative estimate of drug-likeness (QED) is 0.209. The van der Waals surface area contributed by atoms with Crippen molar-refractivity contribution in [3.63, 3.8) is 0 Å². The highest BCUT2D eigenvalue weighted by Crippen LogP contribution is 2.25. The third kappa shape index (κ3) is 9.02. The van der Waals surface area contributed by atoms with E-state index in [4.69, 9.17) is 27.9 Å². The molecule has 11 heteroatoms. The van der Waals surface area contributed by atoms with Gasteiger partial charge in [0, 0.05) is 32.4 Å². The van der Waals surface area contributed by atoms with Gasteiger partial charge in [0.2, 0.25) is 11.8 Å². The number of tetrazole rings is 1. The van der Waals surface area contributed by atoms with Gasteiger partial charge in [0.1, 0.15) is 12.4 Å². The van der Waals surface area contributed by atoms with E-state index in [1.54, 1.807) is 12.1 Å². The first-order valence-corrected chi connectivity index (χ1v) is 15.2. The van der Waals surface area contributed by atoms with Gasteiger partial charge in [0.15, 0.2) is 5.82 Å². The first-order chi connectivity index (χ1) is 20.9. The van der Waals surface area contributed by atoms with Gasteiger partial charge < -0.3 is 15.0 Å². The van der Waals surface area contributed by atoms with Crippen LogP contribution in [-0.4, -0.2) is 50.4 Å². The zero-order chi connectivity index (χ0) is 30.0. The molecule has 0 radical (unpaired) electrons. The molecule has 1 aliphatic rings. The van der Waals surface area contributed by atoms with Crippen molar-refractivity contribution >= 4 is 35.0 Å². The van der Waals surface area contributed by atoms with Crippen molar-refractivity contribution in [1.82, 2.24) is 30.8 Å². The van der Waals surface area contributed by atoms with E-state index < -0.39 is 6.04 Å². The molecule has 9 nitrogen and oxygen atoms in total. The number of ether oxygens (including phenoxy) is 1. The summed E-state index contributed by atoms with van der Waals surface area (Å²) in [5.74, 6) is 1.45. The number of nitrogens with one attached hydrogen (secondary N) is 2. The van der Waals surface area contributed by atoms with E-state index in [0.717, 1.165) is 35.3 Å². The summed E-state index contributed by atoms with van der Waals surface area (Å²) in [6.07, 6.45) is 3.48. The van der Waals surface area contributed by atoms with Crippen LogP contribution in [-0.2, 0) is 29.0 Å². The minimum Gasteiger partial charge on any atom is -0.489 e. The number of amides is 2. The van der Waals surface area contributed by atoms with Crippen LogP contribution in [0.2, 0.25) is 10.0 Å². The first kappa shape index (κ1) is 30.5. The Kier molecular flexibility index (Phi) is 10.6. The molecule has 2 N–H and O–H groups in total. The number of aromatic nitrogens is 4. The molecule has 2 heterocycles. The number of H-pyrrole nitrogens is 1. The van der Waals surface area contributed by atoms with Crippen LogP contribution in [0.15, 0.2) is 72.8 Å². The van der Waals surface area contributed by atoms with Crippen LogP contribution in [0.3, 0.4) is 0 Å². The molecule has 3 aromatic carbocycles.